The summed E-state index contributed by atoms with van der Waals surface area (Å²) < 4.78 is 0. The third-order valence-corrected chi connectivity index (χ3v) is 4.67. The van der Waals surface area contributed by atoms with Crippen LogP contribution in [0.5, 0.6) is 0 Å². The molecule has 2 aromatic carbocycles. The zero-order valence-electron chi connectivity index (χ0n) is 16.2. The fourth-order valence-electron chi connectivity index (χ4n) is 3.26. The minimum Gasteiger partial charge on any atom is -0.345 e. The Labute approximate surface area is 164 Å². The minimum absolute atomic E-state index is 0.0967. The van der Waals surface area contributed by atoms with Crippen LogP contribution in [-0.2, 0) is 9.59 Å². The molecule has 0 aliphatic carbocycles. The van der Waals surface area contributed by atoms with E-state index in [1.54, 1.807) is 49.5 Å². The normalized spacial score (nSPS) is 15.0. The van der Waals surface area contributed by atoms with Crippen molar-refractivity contribution in [1.82, 2.24) is 9.80 Å². The van der Waals surface area contributed by atoms with Gasteiger partial charge in [0, 0.05) is 38.5 Å². The van der Waals surface area contributed by atoms with Gasteiger partial charge in [-0.05, 0) is 41.5 Å². The molecule has 6 nitrogen and oxygen atoms in total. The molecule has 0 fully saturated rings. The van der Waals surface area contributed by atoms with Gasteiger partial charge in [-0.2, -0.15) is 0 Å². The smallest absolute Gasteiger partial charge is 0.253 e. The Hall–Kier alpha value is -3.41. The van der Waals surface area contributed by atoms with Crippen LogP contribution in [0.25, 0.3) is 6.08 Å². The number of benzene rings is 2. The van der Waals surface area contributed by atoms with Crippen molar-refractivity contribution >= 4 is 29.5 Å². The van der Waals surface area contributed by atoms with Gasteiger partial charge >= 0.3 is 0 Å². The number of carbonyl (C=O) groups is 3. The Kier molecular flexibility index (Phi) is 5.59. The molecule has 1 aliphatic heterocycles. The monoisotopic (exact) mass is 377 g/mol. The van der Waals surface area contributed by atoms with Crippen LogP contribution >= 0.6 is 0 Å². The maximum Gasteiger partial charge on any atom is 0.253 e. The molecule has 1 atom stereocenters. The van der Waals surface area contributed by atoms with E-state index in [4.69, 9.17) is 0 Å². The highest BCUT2D eigenvalue weighted by Gasteiger charge is 2.28. The number of nitrogens with one attached hydrogen (secondary N) is 1. The maximum absolute atomic E-state index is 12.6. The molecular formula is C22H23N3O3. The first kappa shape index (κ1) is 19.4. The topological polar surface area (TPSA) is 69.7 Å². The van der Waals surface area contributed by atoms with Crippen molar-refractivity contribution in [3.8, 4) is 0 Å². The van der Waals surface area contributed by atoms with Crippen molar-refractivity contribution in [1.29, 1.82) is 0 Å². The Balaban J connectivity index is 1.73. The molecule has 0 saturated carbocycles. The number of hydrogen-bond donors (Lipinski definition) is 1. The average Bonchev–Trinajstić information content (AvgIpc) is 2.68. The maximum atomic E-state index is 12.6. The lowest BCUT2D eigenvalue weighted by atomic mass is 9.93. The van der Waals surface area contributed by atoms with E-state index < -0.39 is 0 Å². The first-order valence-electron chi connectivity index (χ1n) is 9.04. The van der Waals surface area contributed by atoms with Gasteiger partial charge in [0.2, 0.25) is 11.8 Å². The third kappa shape index (κ3) is 4.11. The van der Waals surface area contributed by atoms with Crippen molar-refractivity contribution in [3.05, 3.63) is 71.4 Å². The largest absolute Gasteiger partial charge is 0.345 e. The summed E-state index contributed by atoms with van der Waals surface area (Å²) in [6.07, 6.45) is 3.75. The Bertz CT molecular complexity index is 932. The number of hydrogen-bond acceptors (Lipinski definition) is 3. The quantitative estimate of drug-likeness (QED) is 0.889. The summed E-state index contributed by atoms with van der Waals surface area (Å²) in [6, 6.07) is 14.1. The lowest BCUT2D eigenvalue weighted by Crippen LogP contribution is -2.33. The molecule has 6 heteroatoms. The third-order valence-electron chi connectivity index (χ3n) is 4.67. The van der Waals surface area contributed by atoms with Gasteiger partial charge in [0.05, 0.1) is 12.5 Å². The van der Waals surface area contributed by atoms with Gasteiger partial charge < -0.3 is 15.1 Å². The van der Waals surface area contributed by atoms with Gasteiger partial charge in [0.1, 0.15) is 0 Å². The molecule has 0 bridgehead atoms. The molecule has 3 rings (SSSR count). The van der Waals surface area contributed by atoms with Crippen molar-refractivity contribution in [2.24, 2.45) is 0 Å². The van der Waals surface area contributed by atoms with Crippen LogP contribution in [0.1, 0.15) is 40.9 Å². The molecule has 0 aromatic heterocycles. The van der Waals surface area contributed by atoms with Crippen LogP contribution in [-0.4, -0.2) is 41.6 Å². The molecule has 1 heterocycles. The minimum atomic E-state index is -0.353. The summed E-state index contributed by atoms with van der Waals surface area (Å²) in [5.74, 6) is -0.413. The summed E-state index contributed by atoms with van der Waals surface area (Å²) in [7, 11) is 3.38. The van der Waals surface area contributed by atoms with Crippen molar-refractivity contribution in [2.45, 2.75) is 19.4 Å². The summed E-state index contributed by atoms with van der Waals surface area (Å²) in [5.41, 5.74) is 3.11. The predicted molar refractivity (Wildman–Crippen MR) is 108 cm³/mol. The Morgan fingerprint density at radius 2 is 1.71 bits per heavy atom. The van der Waals surface area contributed by atoms with Crippen molar-refractivity contribution < 1.29 is 14.4 Å². The average molecular weight is 377 g/mol. The van der Waals surface area contributed by atoms with E-state index in [0.717, 1.165) is 11.1 Å². The first-order chi connectivity index (χ1) is 13.4. The van der Waals surface area contributed by atoms with Crippen molar-refractivity contribution in [2.75, 3.05) is 19.4 Å². The fourth-order valence-corrected chi connectivity index (χ4v) is 3.26. The van der Waals surface area contributed by atoms with Gasteiger partial charge in [0.25, 0.3) is 5.91 Å². The number of anilines is 1. The van der Waals surface area contributed by atoms with Crippen LogP contribution in [0.15, 0.2) is 54.7 Å². The van der Waals surface area contributed by atoms with E-state index in [2.05, 4.69) is 5.32 Å². The van der Waals surface area contributed by atoms with E-state index in [1.165, 1.54) is 11.8 Å². The molecule has 3 amide bonds. The summed E-state index contributed by atoms with van der Waals surface area (Å²) in [5, 5.41) is 2.85. The zero-order valence-corrected chi connectivity index (χ0v) is 16.2. The number of fused-ring (bicyclic) bond motifs is 1. The standard InChI is InChI=1S/C22H23N3O3/c1-15(26)25-13-12-16-6-4-5-7-19(16)20(25)14-21(27)23-18-10-8-17(9-11-18)22(28)24(2)3/h4-13,20H,14H2,1-3H3,(H,23,27)/t20-/m0/s1. The summed E-state index contributed by atoms with van der Waals surface area (Å²) in [6.45, 7) is 1.49. The van der Waals surface area contributed by atoms with Gasteiger partial charge in [0.15, 0.2) is 0 Å². The van der Waals surface area contributed by atoms with Crippen molar-refractivity contribution in [3.63, 3.8) is 0 Å². The highest BCUT2D eigenvalue weighted by atomic mass is 16.2. The molecule has 144 valence electrons. The zero-order chi connectivity index (χ0) is 20.3. The molecule has 0 radical (unpaired) electrons. The second-order valence-corrected chi connectivity index (χ2v) is 6.92. The van der Waals surface area contributed by atoms with Crippen LogP contribution < -0.4 is 5.32 Å². The van der Waals surface area contributed by atoms with E-state index in [9.17, 15) is 14.4 Å². The number of rotatable bonds is 4. The summed E-state index contributed by atoms with van der Waals surface area (Å²) >= 11 is 0. The lowest BCUT2D eigenvalue weighted by molar-refractivity contribution is -0.129. The van der Waals surface area contributed by atoms with Gasteiger partial charge in [-0.1, -0.05) is 24.3 Å². The molecule has 1 aliphatic rings. The first-order valence-corrected chi connectivity index (χ1v) is 9.04. The van der Waals surface area contributed by atoms with Crippen LogP contribution in [0.4, 0.5) is 5.69 Å². The van der Waals surface area contributed by atoms with Gasteiger partial charge in [-0.3, -0.25) is 14.4 Å². The molecule has 0 saturated heterocycles. The number of nitrogens with zero attached hydrogens (tertiary/aromatic N) is 2. The van der Waals surface area contributed by atoms with E-state index in [-0.39, 0.29) is 30.2 Å². The fraction of sp³-hybridized carbons (Fsp3) is 0.227. The second kappa shape index (κ2) is 8.08. The highest BCUT2D eigenvalue weighted by molar-refractivity contribution is 5.96. The summed E-state index contributed by atoms with van der Waals surface area (Å²) in [4.78, 5) is 39.7. The van der Waals surface area contributed by atoms with Gasteiger partial charge in [-0.25, -0.2) is 0 Å². The van der Waals surface area contributed by atoms with E-state index in [0.29, 0.717) is 11.3 Å². The van der Waals surface area contributed by atoms with Crippen LogP contribution in [0, 0.1) is 0 Å². The highest BCUT2D eigenvalue weighted by Crippen LogP contribution is 2.33. The molecule has 2 aromatic rings. The van der Waals surface area contributed by atoms with Gasteiger partial charge in [-0.15, -0.1) is 0 Å². The SMILES string of the molecule is CC(=O)N1C=Cc2ccccc2[C@@H]1CC(=O)Nc1ccc(C(=O)N(C)C)cc1. The number of amides is 3. The predicted octanol–water partition coefficient (Wildman–Crippen LogP) is 3.29. The molecule has 28 heavy (non-hydrogen) atoms. The lowest BCUT2D eigenvalue weighted by Gasteiger charge is -2.32. The van der Waals surface area contributed by atoms with E-state index >= 15 is 0 Å². The van der Waals surface area contributed by atoms with Crippen LogP contribution in [0.2, 0.25) is 0 Å². The molecule has 0 spiro atoms. The van der Waals surface area contributed by atoms with Crippen LogP contribution in [0.3, 0.4) is 0 Å². The molecule has 0 unspecified atom stereocenters. The molecular weight excluding hydrogens is 354 g/mol. The molecule has 1 N–H and O–H groups in total. The number of carbonyl (C=O) groups excluding carboxylic acids is 3. The Morgan fingerprint density at radius 1 is 1.04 bits per heavy atom. The van der Waals surface area contributed by atoms with E-state index in [1.807, 2.05) is 30.3 Å². The second-order valence-electron chi connectivity index (χ2n) is 6.92. The Morgan fingerprint density at radius 3 is 2.36 bits per heavy atom.